The first-order chi connectivity index (χ1) is 12.3. The normalized spacial score (nSPS) is 14.7. The summed E-state index contributed by atoms with van der Waals surface area (Å²) < 4.78 is 0. The molecule has 1 unspecified atom stereocenters. The second-order valence-corrected chi connectivity index (χ2v) is 6.36. The van der Waals surface area contributed by atoms with Crippen LogP contribution in [0.4, 0.5) is 11.8 Å². The van der Waals surface area contributed by atoms with Crippen LogP contribution in [0.5, 0.6) is 0 Å². The Balaban J connectivity index is 1.50. The Morgan fingerprint density at radius 3 is 2.60 bits per heavy atom. The van der Waals surface area contributed by atoms with Crippen molar-refractivity contribution in [3.63, 3.8) is 0 Å². The number of benzene rings is 2. The third-order valence-electron chi connectivity index (χ3n) is 4.65. The van der Waals surface area contributed by atoms with Crippen LogP contribution >= 0.6 is 0 Å². The zero-order valence-corrected chi connectivity index (χ0v) is 14.3. The summed E-state index contributed by atoms with van der Waals surface area (Å²) in [6.45, 7) is 3.91. The molecule has 1 aromatic heterocycles. The SMILES string of the molecule is CC(Nc1nncc(N2CCc3ccccc3C2)n1)c1ccccc1. The van der Waals surface area contributed by atoms with E-state index >= 15 is 0 Å². The number of aromatic nitrogens is 3. The van der Waals surface area contributed by atoms with Crippen LogP contribution in [0.2, 0.25) is 0 Å². The maximum Gasteiger partial charge on any atom is 0.245 e. The Hall–Kier alpha value is -2.95. The molecule has 0 aliphatic carbocycles. The first-order valence-corrected chi connectivity index (χ1v) is 8.62. The zero-order valence-electron chi connectivity index (χ0n) is 14.3. The maximum atomic E-state index is 4.68. The third-order valence-corrected chi connectivity index (χ3v) is 4.65. The number of rotatable bonds is 4. The second-order valence-electron chi connectivity index (χ2n) is 6.36. The van der Waals surface area contributed by atoms with Gasteiger partial charge in [-0.05, 0) is 30.0 Å². The number of fused-ring (bicyclic) bond motifs is 1. The first-order valence-electron chi connectivity index (χ1n) is 8.62. The molecule has 5 nitrogen and oxygen atoms in total. The molecule has 0 fully saturated rings. The van der Waals surface area contributed by atoms with Crippen molar-refractivity contribution in [1.29, 1.82) is 0 Å². The summed E-state index contributed by atoms with van der Waals surface area (Å²) in [6.07, 6.45) is 2.77. The molecule has 0 spiro atoms. The standard InChI is InChI=1S/C20H21N5/c1-15(16-7-3-2-4-8-16)22-20-23-19(13-21-24-20)25-12-11-17-9-5-6-10-18(17)14-25/h2-10,13,15H,11-12,14H2,1H3,(H,22,23,24). The van der Waals surface area contributed by atoms with Gasteiger partial charge in [0.25, 0.3) is 0 Å². The van der Waals surface area contributed by atoms with Gasteiger partial charge >= 0.3 is 0 Å². The molecule has 1 aliphatic rings. The van der Waals surface area contributed by atoms with Gasteiger partial charge in [-0.1, -0.05) is 54.6 Å². The molecule has 0 saturated heterocycles. The highest BCUT2D eigenvalue weighted by Gasteiger charge is 2.18. The van der Waals surface area contributed by atoms with Gasteiger partial charge in [-0.3, -0.25) is 0 Å². The van der Waals surface area contributed by atoms with Gasteiger partial charge in [-0.2, -0.15) is 10.1 Å². The van der Waals surface area contributed by atoms with Gasteiger partial charge in [-0.25, -0.2) is 0 Å². The van der Waals surface area contributed by atoms with E-state index < -0.39 is 0 Å². The fourth-order valence-corrected chi connectivity index (χ4v) is 3.22. The average molecular weight is 331 g/mol. The van der Waals surface area contributed by atoms with E-state index in [-0.39, 0.29) is 6.04 Å². The van der Waals surface area contributed by atoms with E-state index in [1.165, 1.54) is 16.7 Å². The molecule has 2 aromatic carbocycles. The fraction of sp³-hybridized carbons (Fsp3) is 0.250. The van der Waals surface area contributed by atoms with Crippen molar-refractivity contribution in [2.24, 2.45) is 0 Å². The minimum absolute atomic E-state index is 0.125. The van der Waals surface area contributed by atoms with Crippen LogP contribution in [0.1, 0.15) is 29.7 Å². The second kappa shape index (κ2) is 6.89. The highest BCUT2D eigenvalue weighted by atomic mass is 15.3. The summed E-state index contributed by atoms with van der Waals surface area (Å²) >= 11 is 0. The van der Waals surface area contributed by atoms with Crippen molar-refractivity contribution in [1.82, 2.24) is 15.2 Å². The summed E-state index contributed by atoms with van der Waals surface area (Å²) in [5, 5.41) is 11.6. The molecule has 3 aromatic rings. The van der Waals surface area contributed by atoms with Gasteiger partial charge in [-0.15, -0.1) is 5.10 Å². The average Bonchev–Trinajstić information content (AvgIpc) is 2.68. The quantitative estimate of drug-likeness (QED) is 0.791. The smallest absolute Gasteiger partial charge is 0.245 e. The van der Waals surface area contributed by atoms with E-state index in [1.54, 1.807) is 6.20 Å². The Morgan fingerprint density at radius 2 is 1.76 bits per heavy atom. The number of nitrogens with zero attached hydrogens (tertiary/aromatic N) is 4. The van der Waals surface area contributed by atoms with Crippen molar-refractivity contribution in [3.05, 3.63) is 77.5 Å². The van der Waals surface area contributed by atoms with Crippen molar-refractivity contribution in [2.45, 2.75) is 25.9 Å². The summed E-state index contributed by atoms with van der Waals surface area (Å²) in [7, 11) is 0. The van der Waals surface area contributed by atoms with Gasteiger partial charge in [0.1, 0.15) is 0 Å². The van der Waals surface area contributed by atoms with Gasteiger partial charge in [0.05, 0.1) is 12.2 Å². The van der Waals surface area contributed by atoms with Gasteiger partial charge in [0, 0.05) is 13.1 Å². The lowest BCUT2D eigenvalue weighted by molar-refractivity contribution is 0.712. The van der Waals surface area contributed by atoms with Crippen LogP contribution in [0.25, 0.3) is 0 Å². The van der Waals surface area contributed by atoms with E-state index in [9.17, 15) is 0 Å². The van der Waals surface area contributed by atoms with Gasteiger partial charge in [0.15, 0.2) is 5.82 Å². The molecule has 1 aliphatic heterocycles. The topological polar surface area (TPSA) is 53.9 Å². The number of anilines is 2. The van der Waals surface area contributed by atoms with E-state index in [2.05, 4.69) is 68.7 Å². The fourth-order valence-electron chi connectivity index (χ4n) is 3.22. The van der Waals surface area contributed by atoms with Crippen molar-refractivity contribution < 1.29 is 0 Å². The molecular formula is C20H21N5. The minimum Gasteiger partial charge on any atom is -0.350 e. The van der Waals surface area contributed by atoms with Crippen LogP contribution in [0, 0.1) is 0 Å². The van der Waals surface area contributed by atoms with Crippen molar-refractivity contribution >= 4 is 11.8 Å². The van der Waals surface area contributed by atoms with Gasteiger partial charge in [0.2, 0.25) is 5.95 Å². The maximum absolute atomic E-state index is 4.68. The minimum atomic E-state index is 0.125. The molecular weight excluding hydrogens is 310 g/mol. The van der Waals surface area contributed by atoms with Crippen LogP contribution < -0.4 is 10.2 Å². The molecule has 126 valence electrons. The van der Waals surface area contributed by atoms with Crippen molar-refractivity contribution in [2.75, 3.05) is 16.8 Å². The summed E-state index contributed by atoms with van der Waals surface area (Å²) in [6, 6.07) is 19.0. The summed E-state index contributed by atoms with van der Waals surface area (Å²) in [5.41, 5.74) is 3.99. The Labute approximate surface area is 147 Å². The van der Waals surface area contributed by atoms with Crippen LogP contribution in [-0.4, -0.2) is 21.7 Å². The number of hydrogen-bond acceptors (Lipinski definition) is 5. The molecule has 1 N–H and O–H groups in total. The van der Waals surface area contributed by atoms with Crippen molar-refractivity contribution in [3.8, 4) is 0 Å². The lowest BCUT2D eigenvalue weighted by Crippen LogP contribution is -2.31. The monoisotopic (exact) mass is 331 g/mol. The molecule has 0 amide bonds. The van der Waals surface area contributed by atoms with Crippen LogP contribution in [0.3, 0.4) is 0 Å². The third kappa shape index (κ3) is 3.45. The molecule has 25 heavy (non-hydrogen) atoms. The highest BCUT2D eigenvalue weighted by molar-refractivity contribution is 5.45. The van der Waals surface area contributed by atoms with E-state index in [4.69, 9.17) is 0 Å². The van der Waals surface area contributed by atoms with E-state index in [0.717, 1.165) is 25.3 Å². The molecule has 0 radical (unpaired) electrons. The molecule has 0 bridgehead atoms. The molecule has 4 rings (SSSR count). The Kier molecular flexibility index (Phi) is 4.29. The Bertz CT molecular complexity index is 849. The first kappa shape index (κ1) is 15.6. The predicted octanol–water partition coefficient (Wildman–Crippen LogP) is 3.61. The van der Waals surface area contributed by atoms with Gasteiger partial charge < -0.3 is 10.2 Å². The molecule has 5 heteroatoms. The molecule has 2 heterocycles. The number of nitrogens with one attached hydrogen (secondary N) is 1. The molecule has 1 atom stereocenters. The summed E-state index contributed by atoms with van der Waals surface area (Å²) in [4.78, 5) is 6.94. The molecule has 0 saturated carbocycles. The lowest BCUT2D eigenvalue weighted by Gasteiger charge is -2.29. The Morgan fingerprint density at radius 1 is 1.00 bits per heavy atom. The zero-order chi connectivity index (χ0) is 17.1. The van der Waals surface area contributed by atoms with Crippen LogP contribution in [-0.2, 0) is 13.0 Å². The number of hydrogen-bond donors (Lipinski definition) is 1. The van der Waals surface area contributed by atoms with E-state index in [0.29, 0.717) is 5.95 Å². The lowest BCUT2D eigenvalue weighted by atomic mass is 10.0. The van der Waals surface area contributed by atoms with Crippen LogP contribution in [0.15, 0.2) is 60.8 Å². The predicted molar refractivity (Wildman–Crippen MR) is 99.5 cm³/mol. The van der Waals surface area contributed by atoms with E-state index in [1.807, 2.05) is 18.2 Å². The largest absolute Gasteiger partial charge is 0.350 e. The highest BCUT2D eigenvalue weighted by Crippen LogP contribution is 2.23. The summed E-state index contributed by atoms with van der Waals surface area (Å²) in [5.74, 6) is 1.43.